The van der Waals surface area contributed by atoms with E-state index in [0.717, 1.165) is 18.8 Å². The van der Waals surface area contributed by atoms with Crippen molar-refractivity contribution >= 4 is 5.78 Å². The summed E-state index contributed by atoms with van der Waals surface area (Å²) in [6, 6.07) is 0. The maximum absolute atomic E-state index is 11.3. The summed E-state index contributed by atoms with van der Waals surface area (Å²) in [4.78, 5) is 11.3. The molecular formula is C17H30O. The Morgan fingerprint density at radius 3 is 2.22 bits per heavy atom. The van der Waals surface area contributed by atoms with E-state index in [1.807, 2.05) is 13.8 Å². The predicted molar refractivity (Wildman–Crippen MR) is 80.6 cm³/mol. The lowest BCUT2D eigenvalue weighted by Crippen LogP contribution is -2.08. The summed E-state index contributed by atoms with van der Waals surface area (Å²) in [6.45, 7) is 12.6. The molecule has 0 fully saturated rings. The Bertz CT molecular complexity index is 299. The van der Waals surface area contributed by atoms with E-state index in [0.29, 0.717) is 5.92 Å². The third kappa shape index (κ3) is 6.78. The zero-order chi connectivity index (χ0) is 14.1. The van der Waals surface area contributed by atoms with Crippen LogP contribution in [-0.4, -0.2) is 5.78 Å². The third-order valence-corrected chi connectivity index (χ3v) is 3.98. The van der Waals surface area contributed by atoms with Crippen LogP contribution in [0.3, 0.4) is 0 Å². The molecule has 0 spiro atoms. The van der Waals surface area contributed by atoms with E-state index in [1.54, 1.807) is 6.92 Å². The summed E-state index contributed by atoms with van der Waals surface area (Å²) in [5.41, 5.74) is 1.30. The molecule has 0 aromatic rings. The second-order valence-electron chi connectivity index (χ2n) is 5.59. The lowest BCUT2D eigenvalue weighted by atomic mass is 9.89. The second kappa shape index (κ2) is 9.13. The van der Waals surface area contributed by atoms with Crippen LogP contribution in [0.2, 0.25) is 0 Å². The number of ketones is 1. The first-order chi connectivity index (χ1) is 8.42. The van der Waals surface area contributed by atoms with Crippen LogP contribution in [0.4, 0.5) is 0 Å². The van der Waals surface area contributed by atoms with Crippen molar-refractivity contribution in [3.8, 4) is 0 Å². The number of hydrogen-bond acceptors (Lipinski definition) is 1. The molecule has 0 aliphatic heterocycles. The Labute approximate surface area is 113 Å². The number of carbonyl (C=O) groups is 1. The molecule has 1 nitrogen and oxygen atoms in total. The van der Waals surface area contributed by atoms with Crippen molar-refractivity contribution in [2.75, 3.05) is 0 Å². The molecule has 0 aliphatic carbocycles. The normalized spacial score (nSPS) is 17.8. The highest BCUT2D eigenvalue weighted by Gasteiger charge is 2.11. The molecule has 0 aliphatic rings. The molecule has 3 unspecified atom stereocenters. The summed E-state index contributed by atoms with van der Waals surface area (Å²) >= 11 is 0. The largest absolute Gasteiger partial charge is 0.300 e. The number of carbonyl (C=O) groups excluding carboxylic acids is 1. The highest BCUT2D eigenvalue weighted by molar-refractivity contribution is 5.78. The van der Waals surface area contributed by atoms with Crippen LogP contribution in [0.15, 0.2) is 23.8 Å². The van der Waals surface area contributed by atoms with Gasteiger partial charge in [0.1, 0.15) is 5.78 Å². The maximum atomic E-state index is 11.3. The molecule has 0 radical (unpaired) electrons. The van der Waals surface area contributed by atoms with Crippen LogP contribution in [-0.2, 0) is 4.79 Å². The molecule has 3 atom stereocenters. The topological polar surface area (TPSA) is 17.1 Å². The van der Waals surface area contributed by atoms with E-state index < -0.39 is 0 Å². The van der Waals surface area contributed by atoms with Crippen molar-refractivity contribution in [3.05, 3.63) is 23.8 Å². The highest BCUT2D eigenvalue weighted by Crippen LogP contribution is 2.21. The van der Waals surface area contributed by atoms with Gasteiger partial charge in [-0.3, -0.25) is 4.79 Å². The number of allylic oxidation sites excluding steroid dienone is 4. The monoisotopic (exact) mass is 250 g/mol. The van der Waals surface area contributed by atoms with E-state index in [4.69, 9.17) is 0 Å². The van der Waals surface area contributed by atoms with Gasteiger partial charge in [0.25, 0.3) is 0 Å². The molecule has 0 aromatic carbocycles. The van der Waals surface area contributed by atoms with Gasteiger partial charge in [-0.05, 0) is 38.5 Å². The molecule has 0 aromatic heterocycles. The molecule has 0 rings (SSSR count). The molecule has 0 saturated heterocycles. The van der Waals surface area contributed by atoms with E-state index in [9.17, 15) is 4.79 Å². The van der Waals surface area contributed by atoms with Crippen LogP contribution in [0.25, 0.3) is 0 Å². The summed E-state index contributed by atoms with van der Waals surface area (Å²) < 4.78 is 0. The lowest BCUT2D eigenvalue weighted by molar-refractivity contribution is -0.120. The van der Waals surface area contributed by atoms with Crippen LogP contribution in [0.5, 0.6) is 0 Å². The fourth-order valence-electron chi connectivity index (χ4n) is 1.90. The van der Waals surface area contributed by atoms with E-state index in [1.165, 1.54) is 12.0 Å². The van der Waals surface area contributed by atoms with E-state index in [-0.39, 0.29) is 11.7 Å². The van der Waals surface area contributed by atoms with E-state index in [2.05, 4.69) is 39.0 Å². The Morgan fingerprint density at radius 2 is 1.78 bits per heavy atom. The van der Waals surface area contributed by atoms with Crippen molar-refractivity contribution in [2.24, 2.45) is 17.8 Å². The summed E-state index contributed by atoms with van der Waals surface area (Å²) in [6.07, 6.45) is 9.73. The van der Waals surface area contributed by atoms with Gasteiger partial charge in [0.2, 0.25) is 0 Å². The SMILES string of the molecule is CC=CC(=CCC(C)C(C)CC)CC(C)C(C)=O. The summed E-state index contributed by atoms with van der Waals surface area (Å²) in [5, 5.41) is 0. The molecule has 104 valence electrons. The van der Waals surface area contributed by atoms with Gasteiger partial charge in [0, 0.05) is 5.92 Å². The van der Waals surface area contributed by atoms with E-state index >= 15 is 0 Å². The van der Waals surface area contributed by atoms with Gasteiger partial charge in [-0.25, -0.2) is 0 Å². The minimum absolute atomic E-state index is 0.131. The first kappa shape index (κ1) is 17.2. The van der Waals surface area contributed by atoms with Gasteiger partial charge in [0.15, 0.2) is 0 Å². The first-order valence-corrected chi connectivity index (χ1v) is 7.24. The lowest BCUT2D eigenvalue weighted by Gasteiger charge is -2.17. The predicted octanol–water partition coefficient (Wildman–Crippen LogP) is 5.18. The van der Waals surface area contributed by atoms with Gasteiger partial charge >= 0.3 is 0 Å². The van der Waals surface area contributed by atoms with Gasteiger partial charge in [-0.1, -0.05) is 57.9 Å². The van der Waals surface area contributed by atoms with Crippen molar-refractivity contribution in [2.45, 2.75) is 60.8 Å². The smallest absolute Gasteiger partial charge is 0.132 e. The Hall–Kier alpha value is -0.850. The highest BCUT2D eigenvalue weighted by atomic mass is 16.1. The molecule has 18 heavy (non-hydrogen) atoms. The number of hydrogen-bond donors (Lipinski definition) is 0. The fraction of sp³-hybridized carbons (Fsp3) is 0.706. The molecule has 0 heterocycles. The summed E-state index contributed by atoms with van der Waals surface area (Å²) in [7, 11) is 0. The van der Waals surface area contributed by atoms with Gasteiger partial charge in [-0.2, -0.15) is 0 Å². The fourth-order valence-corrected chi connectivity index (χ4v) is 1.90. The van der Waals surface area contributed by atoms with Crippen LogP contribution in [0, 0.1) is 17.8 Å². The molecule has 0 bridgehead atoms. The molecule has 1 heteroatoms. The third-order valence-electron chi connectivity index (χ3n) is 3.98. The Kier molecular flexibility index (Phi) is 8.70. The van der Waals surface area contributed by atoms with Crippen LogP contribution >= 0.6 is 0 Å². The first-order valence-electron chi connectivity index (χ1n) is 7.24. The number of rotatable bonds is 8. The molecule has 0 N–H and O–H groups in total. The molecule has 0 amide bonds. The van der Waals surface area contributed by atoms with Crippen molar-refractivity contribution in [1.82, 2.24) is 0 Å². The average Bonchev–Trinajstić information content (AvgIpc) is 2.34. The quantitative estimate of drug-likeness (QED) is 0.543. The minimum atomic E-state index is 0.131. The van der Waals surface area contributed by atoms with Crippen molar-refractivity contribution in [3.63, 3.8) is 0 Å². The Morgan fingerprint density at radius 1 is 1.17 bits per heavy atom. The zero-order valence-electron chi connectivity index (χ0n) is 13.0. The van der Waals surface area contributed by atoms with Crippen molar-refractivity contribution < 1.29 is 4.79 Å². The Balaban J connectivity index is 4.54. The maximum Gasteiger partial charge on any atom is 0.132 e. The van der Waals surface area contributed by atoms with Gasteiger partial charge < -0.3 is 0 Å². The van der Waals surface area contributed by atoms with Crippen molar-refractivity contribution in [1.29, 1.82) is 0 Å². The average molecular weight is 250 g/mol. The second-order valence-corrected chi connectivity index (χ2v) is 5.59. The summed E-state index contributed by atoms with van der Waals surface area (Å²) in [5.74, 6) is 1.88. The van der Waals surface area contributed by atoms with Gasteiger partial charge in [-0.15, -0.1) is 0 Å². The minimum Gasteiger partial charge on any atom is -0.300 e. The number of Topliss-reactive ketones (excluding diaryl/α,β-unsaturated/α-hetero) is 1. The zero-order valence-corrected chi connectivity index (χ0v) is 13.0. The van der Waals surface area contributed by atoms with Crippen LogP contribution in [0.1, 0.15) is 60.8 Å². The standard InChI is InChI=1S/C17H30O/c1-7-9-17(12-15(5)16(6)18)11-10-14(4)13(3)8-2/h7,9,11,13-15H,8,10,12H2,1-6H3. The molecule has 0 saturated carbocycles. The van der Waals surface area contributed by atoms with Gasteiger partial charge in [0.05, 0.1) is 0 Å². The molecular weight excluding hydrogens is 220 g/mol. The van der Waals surface area contributed by atoms with Crippen LogP contribution < -0.4 is 0 Å².